The van der Waals surface area contributed by atoms with Crippen molar-refractivity contribution in [2.45, 2.75) is 25.7 Å². The van der Waals surface area contributed by atoms with E-state index in [1.165, 1.54) is 48.3 Å². The molecule has 0 saturated carbocycles. The Morgan fingerprint density at radius 3 is 2.61 bits per heavy atom. The minimum absolute atomic E-state index is 1.03. The summed E-state index contributed by atoms with van der Waals surface area (Å²) in [5, 5.41) is 1.45. The van der Waals surface area contributed by atoms with E-state index in [1.54, 1.807) is 10.4 Å². The van der Waals surface area contributed by atoms with Crippen molar-refractivity contribution in [3.8, 4) is 0 Å². The van der Waals surface area contributed by atoms with Gasteiger partial charge in [0.15, 0.2) is 0 Å². The lowest BCUT2D eigenvalue weighted by Gasteiger charge is -2.30. The first-order valence-electron chi connectivity index (χ1n) is 8.52. The van der Waals surface area contributed by atoms with E-state index in [2.05, 4.69) is 46.3 Å². The zero-order valence-corrected chi connectivity index (χ0v) is 14.2. The van der Waals surface area contributed by atoms with E-state index in [-0.39, 0.29) is 0 Å². The number of aromatic nitrogens is 1. The number of fused-ring (bicyclic) bond motifs is 1. The number of likely N-dealkylation sites (tertiary alicyclic amines) is 1. The fraction of sp³-hybridized carbons (Fsp3) is 0.350. The van der Waals surface area contributed by atoms with Crippen LogP contribution >= 0.6 is 11.3 Å². The predicted octanol–water partition coefficient (Wildman–Crippen LogP) is 4.33. The lowest BCUT2D eigenvalue weighted by atomic mass is 10.0. The average Bonchev–Trinajstić information content (AvgIpc) is 2.90. The molecule has 2 nitrogen and oxygen atoms in total. The van der Waals surface area contributed by atoms with Crippen molar-refractivity contribution in [3.63, 3.8) is 0 Å². The maximum atomic E-state index is 4.48. The van der Waals surface area contributed by atoms with E-state index in [9.17, 15) is 0 Å². The first-order chi connectivity index (χ1) is 11.4. The molecular weight excluding hydrogens is 300 g/mol. The monoisotopic (exact) mass is 322 g/mol. The van der Waals surface area contributed by atoms with Crippen LogP contribution in [0.3, 0.4) is 0 Å². The second kappa shape index (κ2) is 6.81. The van der Waals surface area contributed by atoms with Gasteiger partial charge in [0.05, 0.1) is 0 Å². The Hall–Kier alpha value is -1.71. The van der Waals surface area contributed by atoms with Crippen LogP contribution in [0.2, 0.25) is 0 Å². The SMILES string of the molecule is c1ccc(CCc2c(CCN3CCC3)sc3ccccc23)nc1. The molecule has 1 fully saturated rings. The third kappa shape index (κ3) is 3.31. The molecule has 0 amide bonds. The smallest absolute Gasteiger partial charge is 0.0406 e. The summed E-state index contributed by atoms with van der Waals surface area (Å²) in [5.41, 5.74) is 2.74. The summed E-state index contributed by atoms with van der Waals surface area (Å²) in [6.45, 7) is 3.78. The quantitative estimate of drug-likeness (QED) is 0.671. The third-order valence-corrected chi connectivity index (χ3v) is 6.02. The van der Waals surface area contributed by atoms with Crippen LogP contribution in [0.4, 0.5) is 0 Å². The highest BCUT2D eigenvalue weighted by Gasteiger charge is 2.16. The summed E-state index contributed by atoms with van der Waals surface area (Å²) in [6.07, 6.45) is 6.58. The zero-order valence-electron chi connectivity index (χ0n) is 13.4. The topological polar surface area (TPSA) is 16.1 Å². The van der Waals surface area contributed by atoms with Crippen molar-refractivity contribution < 1.29 is 0 Å². The molecule has 3 heteroatoms. The Balaban J connectivity index is 1.56. The number of aryl methyl sites for hydroxylation is 2. The van der Waals surface area contributed by atoms with Crippen LogP contribution in [0.1, 0.15) is 22.6 Å². The summed E-state index contributed by atoms with van der Waals surface area (Å²) in [4.78, 5) is 8.62. The molecule has 4 rings (SSSR count). The number of hydrogen-bond donors (Lipinski definition) is 0. The van der Waals surface area contributed by atoms with E-state index < -0.39 is 0 Å². The lowest BCUT2D eigenvalue weighted by molar-refractivity contribution is 0.184. The molecule has 2 aromatic heterocycles. The van der Waals surface area contributed by atoms with Gasteiger partial charge < -0.3 is 4.90 Å². The molecule has 0 spiro atoms. The molecule has 3 heterocycles. The molecule has 1 aromatic carbocycles. The van der Waals surface area contributed by atoms with Crippen LogP contribution in [0.25, 0.3) is 10.1 Å². The van der Waals surface area contributed by atoms with Gasteiger partial charge in [0.2, 0.25) is 0 Å². The normalized spacial score (nSPS) is 15.0. The third-order valence-electron chi connectivity index (χ3n) is 4.74. The van der Waals surface area contributed by atoms with E-state index in [0.717, 1.165) is 12.8 Å². The summed E-state index contributed by atoms with van der Waals surface area (Å²) in [7, 11) is 0. The minimum atomic E-state index is 1.03. The number of nitrogens with zero attached hydrogens (tertiary/aromatic N) is 2. The molecule has 1 aliphatic heterocycles. The molecule has 0 aliphatic carbocycles. The Bertz CT molecular complexity index is 775. The molecular formula is C20H22N2S. The lowest BCUT2D eigenvalue weighted by Crippen LogP contribution is -2.38. The van der Waals surface area contributed by atoms with Gasteiger partial charge in [-0.3, -0.25) is 4.98 Å². The van der Waals surface area contributed by atoms with Crippen LogP contribution < -0.4 is 0 Å². The molecule has 0 radical (unpaired) electrons. The van der Waals surface area contributed by atoms with Crippen LogP contribution in [-0.4, -0.2) is 29.5 Å². The standard InChI is InChI=1S/C20H22N2S/c1-2-8-19-17(7-1)18(10-9-16-6-3-4-12-21-16)20(23-19)11-15-22-13-5-14-22/h1-4,6-8,12H,5,9-11,13-15H2. The Labute approximate surface area is 141 Å². The highest BCUT2D eigenvalue weighted by molar-refractivity contribution is 7.19. The van der Waals surface area contributed by atoms with Gasteiger partial charge in [-0.1, -0.05) is 24.3 Å². The minimum Gasteiger partial charge on any atom is -0.303 e. The number of thiophene rings is 1. The number of rotatable bonds is 6. The van der Waals surface area contributed by atoms with E-state index in [1.807, 2.05) is 23.6 Å². The van der Waals surface area contributed by atoms with Crippen molar-refractivity contribution in [1.82, 2.24) is 9.88 Å². The Morgan fingerprint density at radius 2 is 1.83 bits per heavy atom. The molecule has 23 heavy (non-hydrogen) atoms. The molecule has 1 aliphatic rings. The highest BCUT2D eigenvalue weighted by Crippen LogP contribution is 2.33. The molecule has 118 valence electrons. The van der Waals surface area contributed by atoms with Gasteiger partial charge in [-0.15, -0.1) is 11.3 Å². The van der Waals surface area contributed by atoms with Crippen LogP contribution in [0, 0.1) is 0 Å². The molecule has 0 unspecified atom stereocenters. The van der Waals surface area contributed by atoms with Gasteiger partial charge >= 0.3 is 0 Å². The summed E-state index contributed by atoms with van der Waals surface area (Å²) < 4.78 is 1.43. The first-order valence-corrected chi connectivity index (χ1v) is 9.33. The Morgan fingerprint density at radius 1 is 0.957 bits per heavy atom. The largest absolute Gasteiger partial charge is 0.303 e. The van der Waals surface area contributed by atoms with Gasteiger partial charge in [-0.25, -0.2) is 0 Å². The second-order valence-electron chi connectivity index (χ2n) is 6.27. The van der Waals surface area contributed by atoms with Crippen LogP contribution in [0.5, 0.6) is 0 Å². The molecule has 0 bridgehead atoms. The van der Waals surface area contributed by atoms with Gasteiger partial charge in [-0.2, -0.15) is 0 Å². The van der Waals surface area contributed by atoms with Crippen molar-refractivity contribution in [3.05, 3.63) is 64.8 Å². The summed E-state index contributed by atoms with van der Waals surface area (Å²) >= 11 is 1.99. The maximum absolute atomic E-state index is 4.48. The number of hydrogen-bond acceptors (Lipinski definition) is 3. The van der Waals surface area contributed by atoms with Crippen LogP contribution in [-0.2, 0) is 19.3 Å². The van der Waals surface area contributed by atoms with Gasteiger partial charge in [-0.05, 0) is 67.9 Å². The summed E-state index contributed by atoms with van der Waals surface area (Å²) in [6, 6.07) is 15.1. The van der Waals surface area contributed by atoms with Gasteiger partial charge in [0, 0.05) is 28.0 Å². The van der Waals surface area contributed by atoms with E-state index >= 15 is 0 Å². The van der Waals surface area contributed by atoms with E-state index in [4.69, 9.17) is 0 Å². The highest BCUT2D eigenvalue weighted by atomic mass is 32.1. The van der Waals surface area contributed by atoms with Crippen molar-refractivity contribution in [2.75, 3.05) is 19.6 Å². The Kier molecular flexibility index (Phi) is 4.40. The molecule has 3 aromatic rings. The fourth-order valence-electron chi connectivity index (χ4n) is 3.29. The average molecular weight is 322 g/mol. The molecule has 1 saturated heterocycles. The van der Waals surface area contributed by atoms with Crippen LogP contribution in [0.15, 0.2) is 48.7 Å². The fourth-order valence-corrected chi connectivity index (χ4v) is 4.53. The maximum Gasteiger partial charge on any atom is 0.0406 e. The van der Waals surface area contributed by atoms with E-state index in [0.29, 0.717) is 0 Å². The summed E-state index contributed by atoms with van der Waals surface area (Å²) in [5.74, 6) is 0. The first kappa shape index (κ1) is 14.9. The predicted molar refractivity (Wildman–Crippen MR) is 98.2 cm³/mol. The number of benzene rings is 1. The molecule has 0 atom stereocenters. The van der Waals surface area contributed by atoms with Gasteiger partial charge in [0.1, 0.15) is 0 Å². The van der Waals surface area contributed by atoms with Crippen molar-refractivity contribution in [1.29, 1.82) is 0 Å². The second-order valence-corrected chi connectivity index (χ2v) is 7.40. The number of pyridine rings is 1. The molecule has 0 N–H and O–H groups in total. The van der Waals surface area contributed by atoms with Gasteiger partial charge in [0.25, 0.3) is 0 Å². The zero-order chi connectivity index (χ0) is 15.5. The van der Waals surface area contributed by atoms with Crippen molar-refractivity contribution in [2.24, 2.45) is 0 Å². The van der Waals surface area contributed by atoms with Crippen molar-refractivity contribution >= 4 is 21.4 Å².